The molecule has 20 heavy (non-hydrogen) atoms. The molecule has 1 saturated carbocycles. The Morgan fingerprint density at radius 3 is 1.90 bits per heavy atom. The summed E-state index contributed by atoms with van der Waals surface area (Å²) in [5.41, 5.74) is 7.38. The molecular formula is C16H25NO2S. The van der Waals surface area contributed by atoms with Crippen LogP contribution in [0.25, 0.3) is 0 Å². The number of rotatable bonds is 6. The third-order valence-electron chi connectivity index (χ3n) is 4.01. The van der Waals surface area contributed by atoms with Crippen molar-refractivity contribution in [2.75, 3.05) is 14.2 Å². The first-order valence-electron chi connectivity index (χ1n) is 7.13. The second kappa shape index (κ2) is 5.86. The molecule has 1 aromatic rings. The maximum Gasteiger partial charge on any atom is 0.127 e. The SMILES string of the molecule is COc1cc(SC(C)C)cc(OC)c1C1(C(C)N)CC1. The average molecular weight is 295 g/mol. The summed E-state index contributed by atoms with van der Waals surface area (Å²) in [4.78, 5) is 1.18. The van der Waals surface area contributed by atoms with Gasteiger partial charge in [-0.15, -0.1) is 11.8 Å². The average Bonchev–Trinajstić information content (AvgIpc) is 3.18. The molecule has 1 unspecified atom stereocenters. The predicted octanol–water partition coefficient (Wildman–Crippen LogP) is 3.58. The van der Waals surface area contributed by atoms with Gasteiger partial charge in [0.15, 0.2) is 0 Å². The van der Waals surface area contributed by atoms with Crippen molar-refractivity contribution < 1.29 is 9.47 Å². The summed E-state index contributed by atoms with van der Waals surface area (Å²) in [5, 5.41) is 0.526. The molecule has 0 bridgehead atoms. The van der Waals surface area contributed by atoms with E-state index in [0.29, 0.717) is 5.25 Å². The van der Waals surface area contributed by atoms with E-state index in [1.807, 2.05) is 11.8 Å². The largest absolute Gasteiger partial charge is 0.496 e. The molecule has 1 aliphatic carbocycles. The van der Waals surface area contributed by atoms with Gasteiger partial charge in [0.25, 0.3) is 0 Å². The van der Waals surface area contributed by atoms with Gasteiger partial charge < -0.3 is 15.2 Å². The van der Waals surface area contributed by atoms with Crippen LogP contribution in [0.3, 0.4) is 0 Å². The molecule has 1 aliphatic rings. The van der Waals surface area contributed by atoms with Crippen LogP contribution in [0.1, 0.15) is 39.2 Å². The fourth-order valence-electron chi connectivity index (χ4n) is 2.79. The Morgan fingerprint density at radius 1 is 1.10 bits per heavy atom. The Hall–Kier alpha value is -0.870. The first-order valence-corrected chi connectivity index (χ1v) is 8.01. The van der Waals surface area contributed by atoms with Crippen molar-refractivity contribution in [1.29, 1.82) is 0 Å². The summed E-state index contributed by atoms with van der Waals surface area (Å²) in [6, 6.07) is 4.34. The third kappa shape index (κ3) is 2.77. The lowest BCUT2D eigenvalue weighted by Crippen LogP contribution is -2.32. The van der Waals surface area contributed by atoms with Gasteiger partial charge in [-0.05, 0) is 31.9 Å². The van der Waals surface area contributed by atoms with Gasteiger partial charge in [0, 0.05) is 27.2 Å². The summed E-state index contributed by atoms with van der Waals surface area (Å²) in [5.74, 6) is 1.81. The molecule has 2 rings (SSSR count). The fourth-order valence-corrected chi connectivity index (χ4v) is 3.68. The molecule has 1 aromatic carbocycles. The van der Waals surface area contributed by atoms with Crippen molar-refractivity contribution in [1.82, 2.24) is 0 Å². The molecule has 0 spiro atoms. The number of benzene rings is 1. The van der Waals surface area contributed by atoms with Crippen LogP contribution < -0.4 is 15.2 Å². The predicted molar refractivity (Wildman–Crippen MR) is 85.1 cm³/mol. The molecule has 1 fully saturated rings. The minimum Gasteiger partial charge on any atom is -0.496 e. The van der Waals surface area contributed by atoms with Gasteiger partial charge in [-0.3, -0.25) is 0 Å². The van der Waals surface area contributed by atoms with Crippen molar-refractivity contribution in [2.45, 2.75) is 55.2 Å². The molecule has 0 saturated heterocycles. The van der Waals surface area contributed by atoms with Crippen LogP contribution in [0.5, 0.6) is 11.5 Å². The normalized spacial score (nSPS) is 17.9. The van der Waals surface area contributed by atoms with E-state index < -0.39 is 0 Å². The van der Waals surface area contributed by atoms with Crippen LogP contribution in [-0.4, -0.2) is 25.5 Å². The second-order valence-electron chi connectivity index (χ2n) is 5.81. The second-order valence-corrected chi connectivity index (χ2v) is 7.46. The Kier molecular flexibility index (Phi) is 4.55. The molecule has 0 aromatic heterocycles. The highest BCUT2D eigenvalue weighted by molar-refractivity contribution is 7.99. The first-order chi connectivity index (χ1) is 9.44. The van der Waals surface area contributed by atoms with Crippen LogP contribution in [0.2, 0.25) is 0 Å². The van der Waals surface area contributed by atoms with E-state index in [1.165, 1.54) is 4.90 Å². The number of ether oxygens (including phenoxy) is 2. The van der Waals surface area contributed by atoms with Crippen LogP contribution in [0, 0.1) is 0 Å². The van der Waals surface area contributed by atoms with E-state index in [2.05, 4.69) is 32.9 Å². The third-order valence-corrected chi connectivity index (χ3v) is 4.99. The summed E-state index contributed by atoms with van der Waals surface area (Å²) in [7, 11) is 3.44. The summed E-state index contributed by atoms with van der Waals surface area (Å²) in [6.07, 6.45) is 2.21. The number of nitrogens with two attached hydrogens (primary N) is 1. The van der Waals surface area contributed by atoms with Crippen molar-refractivity contribution in [3.63, 3.8) is 0 Å². The van der Waals surface area contributed by atoms with Crippen LogP contribution >= 0.6 is 11.8 Å². The van der Waals surface area contributed by atoms with Gasteiger partial charge in [-0.25, -0.2) is 0 Å². The van der Waals surface area contributed by atoms with Gasteiger partial charge in [0.1, 0.15) is 11.5 Å². The number of hydrogen-bond acceptors (Lipinski definition) is 4. The minimum atomic E-state index is 0.0255. The first kappa shape index (κ1) is 15.5. The smallest absolute Gasteiger partial charge is 0.127 e. The number of methoxy groups -OCH3 is 2. The highest BCUT2D eigenvalue weighted by atomic mass is 32.2. The number of hydrogen-bond donors (Lipinski definition) is 1. The van der Waals surface area contributed by atoms with Crippen molar-refractivity contribution in [3.8, 4) is 11.5 Å². The lowest BCUT2D eigenvalue weighted by atomic mass is 9.88. The summed E-state index contributed by atoms with van der Waals surface area (Å²) >= 11 is 1.81. The molecule has 0 radical (unpaired) electrons. The monoisotopic (exact) mass is 295 g/mol. The quantitative estimate of drug-likeness (QED) is 0.815. The lowest BCUT2D eigenvalue weighted by Gasteiger charge is -2.25. The Balaban J connectivity index is 2.50. The minimum absolute atomic E-state index is 0.0255. The zero-order valence-electron chi connectivity index (χ0n) is 13.0. The van der Waals surface area contributed by atoms with Crippen LogP contribution in [0.15, 0.2) is 17.0 Å². The summed E-state index contributed by atoms with van der Waals surface area (Å²) < 4.78 is 11.3. The molecular weight excluding hydrogens is 270 g/mol. The van der Waals surface area contributed by atoms with E-state index in [0.717, 1.165) is 29.9 Å². The van der Waals surface area contributed by atoms with Crippen molar-refractivity contribution >= 4 is 11.8 Å². The molecule has 4 heteroatoms. The van der Waals surface area contributed by atoms with Gasteiger partial charge >= 0.3 is 0 Å². The zero-order chi connectivity index (χ0) is 14.9. The fraction of sp³-hybridized carbons (Fsp3) is 0.625. The topological polar surface area (TPSA) is 44.5 Å². The van der Waals surface area contributed by atoms with E-state index in [9.17, 15) is 0 Å². The van der Waals surface area contributed by atoms with E-state index in [1.54, 1.807) is 14.2 Å². The van der Waals surface area contributed by atoms with E-state index >= 15 is 0 Å². The molecule has 0 aliphatic heterocycles. The van der Waals surface area contributed by atoms with E-state index in [4.69, 9.17) is 15.2 Å². The van der Waals surface area contributed by atoms with Crippen LogP contribution in [0.4, 0.5) is 0 Å². The van der Waals surface area contributed by atoms with Crippen molar-refractivity contribution in [2.24, 2.45) is 5.73 Å². The maximum absolute atomic E-state index is 6.21. The Bertz CT molecular complexity index is 456. The standard InChI is InChI=1S/C16H25NO2S/c1-10(2)20-12-8-13(18-4)15(14(9-12)19-5)16(6-7-16)11(3)17/h8-11H,6-7,17H2,1-5H3. The maximum atomic E-state index is 6.21. The molecule has 1 atom stereocenters. The van der Waals surface area contributed by atoms with Gasteiger partial charge in [0.2, 0.25) is 0 Å². The lowest BCUT2D eigenvalue weighted by molar-refractivity contribution is 0.367. The van der Waals surface area contributed by atoms with Crippen LogP contribution in [-0.2, 0) is 5.41 Å². The highest BCUT2D eigenvalue weighted by Gasteiger charge is 2.51. The molecule has 2 N–H and O–H groups in total. The molecule has 0 amide bonds. The van der Waals surface area contributed by atoms with E-state index in [-0.39, 0.29) is 11.5 Å². The van der Waals surface area contributed by atoms with Crippen molar-refractivity contribution in [3.05, 3.63) is 17.7 Å². The molecule has 0 heterocycles. The Morgan fingerprint density at radius 2 is 1.60 bits per heavy atom. The highest BCUT2D eigenvalue weighted by Crippen LogP contribution is 2.57. The molecule has 112 valence electrons. The van der Waals surface area contributed by atoms with Gasteiger partial charge in [-0.1, -0.05) is 13.8 Å². The summed E-state index contributed by atoms with van der Waals surface area (Å²) in [6.45, 7) is 6.44. The molecule has 3 nitrogen and oxygen atoms in total. The number of thioether (sulfide) groups is 1. The Labute approximate surface area is 126 Å². The van der Waals surface area contributed by atoms with Gasteiger partial charge in [0.05, 0.1) is 14.2 Å². The van der Waals surface area contributed by atoms with Gasteiger partial charge in [-0.2, -0.15) is 0 Å². The zero-order valence-corrected chi connectivity index (χ0v) is 13.8.